The van der Waals surface area contributed by atoms with E-state index < -0.39 is 0 Å². The van der Waals surface area contributed by atoms with Crippen molar-refractivity contribution in [2.45, 2.75) is 43.1 Å². The second kappa shape index (κ2) is 8.16. The lowest BCUT2D eigenvalue weighted by molar-refractivity contribution is -0.117. The molecule has 2 heterocycles. The van der Waals surface area contributed by atoms with Crippen molar-refractivity contribution in [2.24, 2.45) is 0 Å². The monoisotopic (exact) mass is 425 g/mol. The van der Waals surface area contributed by atoms with Crippen LogP contribution in [0.3, 0.4) is 0 Å². The number of thiophene rings is 1. The molecule has 1 atom stereocenters. The Morgan fingerprint density at radius 3 is 2.86 bits per heavy atom. The quantitative estimate of drug-likeness (QED) is 0.336. The zero-order chi connectivity index (χ0) is 20.5. The van der Waals surface area contributed by atoms with Crippen molar-refractivity contribution < 1.29 is 4.79 Å². The lowest BCUT2D eigenvalue weighted by atomic mass is 10.2. The molecule has 1 amide bonds. The van der Waals surface area contributed by atoms with Gasteiger partial charge in [-0.15, -0.1) is 17.9 Å². The highest BCUT2D eigenvalue weighted by molar-refractivity contribution is 8.00. The SMILES string of the molecule is C=CCn1c(S[C@@H](C)C(=O)N(C)c2ccccc2)nc2sc3c(c2c1=O)CCC3. The van der Waals surface area contributed by atoms with E-state index in [1.165, 1.54) is 22.2 Å². The first-order valence-corrected chi connectivity index (χ1v) is 11.4. The normalized spacial score (nSPS) is 14.0. The number of amides is 1. The number of carbonyl (C=O) groups excluding carboxylic acids is 1. The van der Waals surface area contributed by atoms with Gasteiger partial charge >= 0.3 is 0 Å². The molecule has 150 valence electrons. The van der Waals surface area contributed by atoms with Crippen LogP contribution in [0.15, 0.2) is 52.9 Å². The molecule has 2 aromatic heterocycles. The summed E-state index contributed by atoms with van der Waals surface area (Å²) in [7, 11) is 1.77. The molecule has 4 rings (SSSR count). The van der Waals surface area contributed by atoms with Gasteiger partial charge < -0.3 is 4.90 Å². The molecule has 1 aliphatic rings. The third-order valence-electron chi connectivity index (χ3n) is 5.21. The Labute approximate surface area is 178 Å². The number of anilines is 1. The molecule has 29 heavy (non-hydrogen) atoms. The highest BCUT2D eigenvalue weighted by atomic mass is 32.2. The number of benzene rings is 1. The number of nitrogens with zero attached hydrogens (tertiary/aromatic N) is 3. The number of aryl methyl sites for hydroxylation is 2. The van der Waals surface area contributed by atoms with Crippen molar-refractivity contribution in [3.05, 3.63) is 63.8 Å². The minimum Gasteiger partial charge on any atom is -0.315 e. The van der Waals surface area contributed by atoms with Gasteiger partial charge in [-0.25, -0.2) is 4.98 Å². The smallest absolute Gasteiger partial charge is 0.263 e. The predicted octanol–water partition coefficient (Wildman–Crippen LogP) is 4.28. The molecule has 1 aromatic carbocycles. The van der Waals surface area contributed by atoms with Gasteiger partial charge in [0.05, 0.1) is 10.6 Å². The lowest BCUT2D eigenvalue weighted by Gasteiger charge is -2.21. The molecule has 1 aliphatic carbocycles. The first kappa shape index (κ1) is 19.9. The van der Waals surface area contributed by atoms with Crippen LogP contribution >= 0.6 is 23.1 Å². The van der Waals surface area contributed by atoms with Crippen LogP contribution in [0.1, 0.15) is 23.8 Å². The van der Waals surface area contributed by atoms with Crippen LogP contribution in [0.4, 0.5) is 5.69 Å². The maximum absolute atomic E-state index is 13.2. The zero-order valence-corrected chi connectivity index (χ0v) is 18.2. The van der Waals surface area contributed by atoms with Gasteiger partial charge in [0.25, 0.3) is 5.56 Å². The highest BCUT2D eigenvalue weighted by Gasteiger charge is 2.26. The van der Waals surface area contributed by atoms with Crippen molar-refractivity contribution >= 4 is 44.9 Å². The fourth-order valence-electron chi connectivity index (χ4n) is 3.70. The summed E-state index contributed by atoms with van der Waals surface area (Å²) >= 11 is 2.95. The second-order valence-electron chi connectivity index (χ2n) is 7.13. The van der Waals surface area contributed by atoms with Gasteiger partial charge in [-0.3, -0.25) is 14.2 Å². The van der Waals surface area contributed by atoms with Crippen molar-refractivity contribution in [1.82, 2.24) is 9.55 Å². The highest BCUT2D eigenvalue weighted by Crippen LogP contribution is 2.36. The number of allylic oxidation sites excluding steroid dienone is 1. The first-order chi connectivity index (χ1) is 14.0. The summed E-state index contributed by atoms with van der Waals surface area (Å²) < 4.78 is 1.65. The molecule has 0 saturated heterocycles. The predicted molar refractivity (Wildman–Crippen MR) is 121 cm³/mol. The van der Waals surface area contributed by atoms with Crippen LogP contribution in [-0.2, 0) is 24.2 Å². The van der Waals surface area contributed by atoms with Gasteiger partial charge in [-0.2, -0.15) is 0 Å². The van der Waals surface area contributed by atoms with Crippen LogP contribution < -0.4 is 10.5 Å². The maximum Gasteiger partial charge on any atom is 0.263 e. The Morgan fingerprint density at radius 2 is 2.14 bits per heavy atom. The third kappa shape index (κ3) is 3.65. The number of rotatable bonds is 6. The molecule has 0 unspecified atom stereocenters. The van der Waals surface area contributed by atoms with Gasteiger partial charge in [0, 0.05) is 24.2 Å². The largest absolute Gasteiger partial charge is 0.315 e. The third-order valence-corrected chi connectivity index (χ3v) is 7.47. The van der Waals surface area contributed by atoms with E-state index in [9.17, 15) is 9.59 Å². The Bertz CT molecular complexity index is 1130. The Kier molecular flexibility index (Phi) is 5.61. The molecule has 3 aromatic rings. The number of carbonyl (C=O) groups is 1. The van der Waals surface area contributed by atoms with Gasteiger partial charge in [-0.1, -0.05) is 36.0 Å². The number of hydrogen-bond donors (Lipinski definition) is 0. The number of thioether (sulfide) groups is 1. The molecular weight excluding hydrogens is 402 g/mol. The van der Waals surface area contributed by atoms with Crippen molar-refractivity contribution in [3.63, 3.8) is 0 Å². The summed E-state index contributed by atoms with van der Waals surface area (Å²) in [5.41, 5.74) is 1.99. The summed E-state index contributed by atoms with van der Waals surface area (Å²) in [5, 5.41) is 0.950. The average Bonchev–Trinajstić information content (AvgIpc) is 3.31. The summed E-state index contributed by atoms with van der Waals surface area (Å²) in [5.74, 6) is -0.0330. The van der Waals surface area contributed by atoms with Gasteiger partial charge in [0.2, 0.25) is 5.91 Å². The fourth-order valence-corrected chi connectivity index (χ4v) is 6.01. The summed E-state index contributed by atoms with van der Waals surface area (Å²) in [4.78, 5) is 34.7. The van der Waals surface area contributed by atoms with Crippen LogP contribution in [0.5, 0.6) is 0 Å². The number of aromatic nitrogens is 2. The molecule has 0 spiro atoms. The minimum absolute atomic E-state index is 0.0205. The van der Waals surface area contributed by atoms with E-state index in [-0.39, 0.29) is 16.7 Å². The topological polar surface area (TPSA) is 55.2 Å². The molecule has 5 nitrogen and oxygen atoms in total. The molecule has 0 radical (unpaired) electrons. The molecular formula is C22H23N3O2S2. The van der Waals surface area contributed by atoms with E-state index in [0.717, 1.165) is 35.2 Å². The molecule has 0 saturated carbocycles. The fraction of sp³-hybridized carbons (Fsp3) is 0.318. The van der Waals surface area contributed by atoms with Gasteiger partial charge in [-0.05, 0) is 43.9 Å². The van der Waals surface area contributed by atoms with Crippen LogP contribution in [0.25, 0.3) is 10.2 Å². The van der Waals surface area contributed by atoms with Crippen molar-refractivity contribution in [3.8, 4) is 0 Å². The zero-order valence-electron chi connectivity index (χ0n) is 16.6. The molecule has 0 N–H and O–H groups in total. The molecule has 0 aliphatic heterocycles. The van der Waals surface area contributed by atoms with Crippen molar-refractivity contribution in [1.29, 1.82) is 0 Å². The van der Waals surface area contributed by atoms with E-state index in [1.54, 1.807) is 33.9 Å². The van der Waals surface area contributed by atoms with Crippen molar-refractivity contribution in [2.75, 3.05) is 11.9 Å². The maximum atomic E-state index is 13.2. The summed E-state index contributed by atoms with van der Waals surface area (Å²) in [6, 6.07) is 9.54. The molecule has 0 bridgehead atoms. The standard InChI is InChI=1S/C22H23N3O2S2/c1-4-13-25-21(27)18-16-11-8-12-17(16)29-19(18)23-22(25)28-14(2)20(26)24(3)15-9-6-5-7-10-15/h4-7,9-10,14H,1,8,11-13H2,2-3H3/t14-/m0/s1. The Balaban J connectivity index is 1.68. The number of para-hydroxylation sites is 1. The van der Waals surface area contributed by atoms with Crippen LogP contribution in [0, 0.1) is 0 Å². The van der Waals surface area contributed by atoms with E-state index >= 15 is 0 Å². The minimum atomic E-state index is -0.382. The van der Waals surface area contributed by atoms with E-state index in [0.29, 0.717) is 11.7 Å². The Morgan fingerprint density at radius 1 is 1.38 bits per heavy atom. The van der Waals surface area contributed by atoms with Gasteiger partial charge in [0.1, 0.15) is 4.83 Å². The lowest BCUT2D eigenvalue weighted by Crippen LogP contribution is -2.34. The van der Waals surface area contributed by atoms with Crippen LogP contribution in [-0.4, -0.2) is 27.8 Å². The first-order valence-electron chi connectivity index (χ1n) is 9.66. The summed E-state index contributed by atoms with van der Waals surface area (Å²) in [6.07, 6.45) is 4.78. The summed E-state index contributed by atoms with van der Waals surface area (Å²) in [6.45, 7) is 6.03. The van der Waals surface area contributed by atoms with E-state index in [2.05, 4.69) is 6.58 Å². The number of hydrogen-bond acceptors (Lipinski definition) is 5. The number of fused-ring (bicyclic) bond motifs is 3. The second-order valence-corrected chi connectivity index (χ2v) is 9.52. The van der Waals surface area contributed by atoms with Gasteiger partial charge in [0.15, 0.2) is 5.16 Å². The van der Waals surface area contributed by atoms with Crippen LogP contribution in [0.2, 0.25) is 0 Å². The van der Waals surface area contributed by atoms with E-state index in [1.807, 2.05) is 37.3 Å². The molecule has 7 heteroatoms. The Hall–Kier alpha value is -2.38. The molecule has 0 fully saturated rings. The van der Waals surface area contributed by atoms with E-state index in [4.69, 9.17) is 4.98 Å². The average molecular weight is 426 g/mol.